The van der Waals surface area contributed by atoms with Crippen LogP contribution in [0, 0.1) is 0 Å². The van der Waals surface area contributed by atoms with Crippen LogP contribution in [0.25, 0.3) is 16.8 Å². The first-order valence-electron chi connectivity index (χ1n) is 8.43. The smallest absolute Gasteiger partial charge is 0.119 e. The average molecular weight is 305 g/mol. The molecule has 1 aliphatic rings. The van der Waals surface area contributed by atoms with Crippen LogP contribution in [0.3, 0.4) is 0 Å². The van der Waals surface area contributed by atoms with E-state index in [0.717, 1.165) is 49.1 Å². The number of pyridine rings is 1. The SMILES string of the molecule is CCCCOc1ccc2c(C=CC3=CCCC=C3)nccc2c1. The van der Waals surface area contributed by atoms with E-state index in [1.54, 1.807) is 0 Å². The van der Waals surface area contributed by atoms with E-state index in [2.05, 4.69) is 54.4 Å². The molecule has 2 aromatic rings. The first kappa shape index (κ1) is 15.5. The summed E-state index contributed by atoms with van der Waals surface area (Å²) in [6.07, 6.45) is 17.3. The maximum Gasteiger partial charge on any atom is 0.119 e. The lowest BCUT2D eigenvalue weighted by molar-refractivity contribution is 0.310. The Hall–Kier alpha value is -2.35. The van der Waals surface area contributed by atoms with Gasteiger partial charge in [0.1, 0.15) is 5.75 Å². The average Bonchev–Trinajstić information content (AvgIpc) is 2.61. The summed E-state index contributed by atoms with van der Waals surface area (Å²) >= 11 is 0. The molecule has 1 aliphatic carbocycles. The van der Waals surface area contributed by atoms with Crippen molar-refractivity contribution in [3.8, 4) is 5.75 Å². The van der Waals surface area contributed by atoms with Crippen molar-refractivity contribution in [2.75, 3.05) is 6.61 Å². The number of aromatic nitrogens is 1. The molecular weight excluding hydrogens is 282 g/mol. The van der Waals surface area contributed by atoms with Gasteiger partial charge in [0, 0.05) is 11.6 Å². The van der Waals surface area contributed by atoms with Crippen molar-refractivity contribution < 1.29 is 4.74 Å². The molecule has 0 fully saturated rings. The molecule has 3 rings (SSSR count). The van der Waals surface area contributed by atoms with Gasteiger partial charge < -0.3 is 4.74 Å². The van der Waals surface area contributed by atoms with Crippen LogP contribution >= 0.6 is 0 Å². The first-order chi connectivity index (χ1) is 11.4. The third-order valence-electron chi connectivity index (χ3n) is 3.99. The van der Waals surface area contributed by atoms with Crippen molar-refractivity contribution >= 4 is 16.8 Å². The highest BCUT2D eigenvalue weighted by Crippen LogP contribution is 2.24. The molecule has 0 N–H and O–H groups in total. The van der Waals surface area contributed by atoms with Gasteiger partial charge in [0.15, 0.2) is 0 Å². The van der Waals surface area contributed by atoms with E-state index in [1.165, 1.54) is 11.0 Å². The first-order valence-corrected chi connectivity index (χ1v) is 8.43. The topological polar surface area (TPSA) is 22.1 Å². The number of allylic oxidation sites excluding steroid dienone is 5. The second kappa shape index (κ2) is 7.77. The number of unbranched alkanes of at least 4 members (excludes halogenated alkanes) is 1. The highest BCUT2D eigenvalue weighted by atomic mass is 16.5. The lowest BCUT2D eigenvalue weighted by Gasteiger charge is -2.08. The Labute approximate surface area is 138 Å². The summed E-state index contributed by atoms with van der Waals surface area (Å²) in [5.74, 6) is 0.935. The number of benzene rings is 1. The van der Waals surface area contributed by atoms with E-state index < -0.39 is 0 Å². The Bertz CT molecular complexity index is 756. The van der Waals surface area contributed by atoms with E-state index in [9.17, 15) is 0 Å². The van der Waals surface area contributed by atoms with Gasteiger partial charge in [0.2, 0.25) is 0 Å². The van der Waals surface area contributed by atoms with E-state index >= 15 is 0 Å². The van der Waals surface area contributed by atoms with Crippen molar-refractivity contribution in [1.82, 2.24) is 4.98 Å². The monoisotopic (exact) mass is 305 g/mol. The molecule has 0 amide bonds. The van der Waals surface area contributed by atoms with Crippen LogP contribution in [-0.2, 0) is 0 Å². The molecule has 0 atom stereocenters. The van der Waals surface area contributed by atoms with Crippen molar-refractivity contribution in [2.24, 2.45) is 0 Å². The van der Waals surface area contributed by atoms with E-state index in [4.69, 9.17) is 4.74 Å². The Kier molecular flexibility index (Phi) is 5.25. The molecule has 0 aliphatic heterocycles. The van der Waals surface area contributed by atoms with Gasteiger partial charge in [-0.05, 0) is 60.6 Å². The third kappa shape index (κ3) is 4.10. The van der Waals surface area contributed by atoms with Crippen molar-refractivity contribution in [3.63, 3.8) is 0 Å². The Balaban J connectivity index is 1.82. The van der Waals surface area contributed by atoms with Crippen molar-refractivity contribution in [1.29, 1.82) is 0 Å². The Morgan fingerprint density at radius 2 is 2.13 bits per heavy atom. The molecule has 0 bridgehead atoms. The van der Waals surface area contributed by atoms with Gasteiger partial charge >= 0.3 is 0 Å². The summed E-state index contributed by atoms with van der Waals surface area (Å²) in [5.41, 5.74) is 2.26. The lowest BCUT2D eigenvalue weighted by atomic mass is 10.0. The molecule has 23 heavy (non-hydrogen) atoms. The lowest BCUT2D eigenvalue weighted by Crippen LogP contribution is -1.96. The van der Waals surface area contributed by atoms with Gasteiger partial charge in [-0.15, -0.1) is 0 Å². The molecule has 2 heteroatoms. The molecular formula is C21H23NO. The summed E-state index contributed by atoms with van der Waals surface area (Å²) in [4.78, 5) is 4.52. The summed E-state index contributed by atoms with van der Waals surface area (Å²) in [7, 11) is 0. The molecule has 0 spiro atoms. The van der Waals surface area contributed by atoms with Gasteiger partial charge in [-0.2, -0.15) is 0 Å². The van der Waals surface area contributed by atoms with Crippen molar-refractivity contribution in [2.45, 2.75) is 32.6 Å². The summed E-state index contributed by atoms with van der Waals surface area (Å²) < 4.78 is 5.79. The molecule has 2 nitrogen and oxygen atoms in total. The van der Waals surface area contributed by atoms with Crippen LogP contribution in [0.2, 0.25) is 0 Å². The number of nitrogens with zero attached hydrogens (tertiary/aromatic N) is 1. The molecule has 1 aromatic heterocycles. The number of hydrogen-bond acceptors (Lipinski definition) is 2. The van der Waals surface area contributed by atoms with Crippen LogP contribution in [0.4, 0.5) is 0 Å². The van der Waals surface area contributed by atoms with Crippen LogP contribution in [0.15, 0.2) is 60.3 Å². The highest BCUT2D eigenvalue weighted by Gasteiger charge is 2.02. The summed E-state index contributed by atoms with van der Waals surface area (Å²) in [6, 6.07) is 8.29. The Morgan fingerprint density at radius 3 is 2.96 bits per heavy atom. The van der Waals surface area contributed by atoms with Gasteiger partial charge in [0.05, 0.1) is 12.3 Å². The molecule has 0 saturated carbocycles. The predicted molar refractivity (Wildman–Crippen MR) is 97.6 cm³/mol. The number of ether oxygens (including phenoxy) is 1. The summed E-state index contributed by atoms with van der Waals surface area (Å²) in [5, 5.41) is 2.33. The fraction of sp³-hybridized carbons (Fsp3) is 0.286. The molecule has 1 aromatic carbocycles. The molecule has 0 unspecified atom stereocenters. The minimum Gasteiger partial charge on any atom is -0.494 e. The van der Waals surface area contributed by atoms with Crippen LogP contribution < -0.4 is 4.74 Å². The number of hydrogen-bond donors (Lipinski definition) is 0. The zero-order chi connectivity index (χ0) is 15.9. The van der Waals surface area contributed by atoms with Gasteiger partial charge in [0.25, 0.3) is 0 Å². The van der Waals surface area contributed by atoms with Crippen LogP contribution in [0.5, 0.6) is 5.75 Å². The largest absolute Gasteiger partial charge is 0.494 e. The van der Waals surface area contributed by atoms with Gasteiger partial charge in [-0.1, -0.05) is 37.6 Å². The minimum atomic E-state index is 0.778. The fourth-order valence-corrected chi connectivity index (χ4v) is 2.67. The van der Waals surface area contributed by atoms with E-state index in [1.807, 2.05) is 18.3 Å². The maximum atomic E-state index is 5.79. The normalized spacial score (nSPS) is 14.4. The third-order valence-corrected chi connectivity index (χ3v) is 3.99. The van der Waals surface area contributed by atoms with Gasteiger partial charge in [-0.25, -0.2) is 0 Å². The van der Waals surface area contributed by atoms with Crippen molar-refractivity contribution in [3.05, 3.63) is 66.0 Å². The molecule has 1 heterocycles. The quantitative estimate of drug-likeness (QED) is 0.638. The summed E-state index contributed by atoms with van der Waals surface area (Å²) in [6.45, 7) is 2.95. The second-order valence-corrected chi connectivity index (χ2v) is 5.80. The maximum absolute atomic E-state index is 5.79. The van der Waals surface area contributed by atoms with E-state index in [0.29, 0.717) is 0 Å². The Morgan fingerprint density at radius 1 is 1.17 bits per heavy atom. The highest BCUT2D eigenvalue weighted by molar-refractivity contribution is 5.90. The van der Waals surface area contributed by atoms with E-state index in [-0.39, 0.29) is 0 Å². The predicted octanol–water partition coefficient (Wildman–Crippen LogP) is 5.70. The fourth-order valence-electron chi connectivity index (χ4n) is 2.67. The number of fused-ring (bicyclic) bond motifs is 1. The van der Waals surface area contributed by atoms with Crippen LogP contribution in [-0.4, -0.2) is 11.6 Å². The molecule has 0 saturated heterocycles. The standard InChI is InChI=1S/C21H23NO/c1-2-3-15-23-19-10-11-20-18(16-19)13-14-22-21(20)12-9-17-7-5-4-6-8-17/h5,7-14,16H,2-4,6,15H2,1H3. The second-order valence-electron chi connectivity index (χ2n) is 5.80. The van der Waals surface area contributed by atoms with Crippen LogP contribution in [0.1, 0.15) is 38.3 Å². The zero-order valence-electron chi connectivity index (χ0n) is 13.7. The zero-order valence-corrected chi connectivity index (χ0v) is 13.7. The van der Waals surface area contributed by atoms with Gasteiger partial charge in [-0.3, -0.25) is 4.98 Å². The number of rotatable bonds is 6. The molecule has 0 radical (unpaired) electrons. The molecule has 118 valence electrons. The minimum absolute atomic E-state index is 0.778.